The highest BCUT2D eigenvalue weighted by Gasteiger charge is 2.64. The van der Waals surface area contributed by atoms with Crippen LogP contribution in [0.2, 0.25) is 0 Å². The van der Waals surface area contributed by atoms with E-state index in [0.717, 1.165) is 11.1 Å². The average molecular weight is 652 g/mol. The molecule has 11 heteroatoms. The van der Waals surface area contributed by atoms with Crippen LogP contribution in [0.5, 0.6) is 11.6 Å². The van der Waals surface area contributed by atoms with E-state index in [-0.39, 0.29) is 65.7 Å². The summed E-state index contributed by atoms with van der Waals surface area (Å²) in [6.07, 6.45) is 0.182. The maximum atomic E-state index is 16.2. The minimum Gasteiger partial charge on any atom is -0.508 e. The Labute approximate surface area is 275 Å². The molecule has 0 radical (unpaired) electrons. The summed E-state index contributed by atoms with van der Waals surface area (Å²) in [4.78, 5) is 30.7. The van der Waals surface area contributed by atoms with Crippen LogP contribution in [0.3, 0.4) is 0 Å². The molecule has 4 atom stereocenters. The van der Waals surface area contributed by atoms with Crippen LogP contribution < -0.4 is 14.8 Å². The van der Waals surface area contributed by atoms with E-state index in [2.05, 4.69) is 10.5 Å². The lowest BCUT2D eigenvalue weighted by Gasteiger charge is -2.49. The molecule has 0 unspecified atom stereocenters. The van der Waals surface area contributed by atoms with Gasteiger partial charge in [-0.05, 0) is 49.1 Å². The average Bonchev–Trinajstić information content (AvgIpc) is 3.75. The Balaban J connectivity index is 1.23. The molecule has 4 aromatic rings. The third-order valence-electron chi connectivity index (χ3n) is 10.2. The normalized spacial score (nSPS) is 24.1. The number of hydrogen-bond donors (Lipinski definition) is 3. The lowest BCUT2D eigenvalue weighted by molar-refractivity contribution is -0.0559. The first-order chi connectivity index (χ1) is 23.2. The van der Waals surface area contributed by atoms with Gasteiger partial charge in [0.2, 0.25) is 5.78 Å². The van der Waals surface area contributed by atoms with Crippen LogP contribution in [0.15, 0.2) is 76.5 Å². The first kappa shape index (κ1) is 30.5. The number of ether oxygens (including phenoxy) is 2. The van der Waals surface area contributed by atoms with Crippen LogP contribution in [0.1, 0.15) is 66.8 Å². The molecule has 0 fully saturated rings. The molecule has 0 spiro atoms. The van der Waals surface area contributed by atoms with E-state index >= 15 is 4.39 Å². The second kappa shape index (κ2) is 11.4. The molecule has 0 amide bonds. The maximum absolute atomic E-state index is 16.2. The predicted octanol–water partition coefficient (Wildman–Crippen LogP) is 4.99. The molecule has 3 aliphatic carbocycles. The molecule has 1 aliphatic heterocycles. The van der Waals surface area contributed by atoms with Crippen LogP contribution in [0.25, 0.3) is 0 Å². The van der Waals surface area contributed by atoms with Crippen molar-refractivity contribution in [3.63, 3.8) is 0 Å². The molecular weight excluding hydrogens is 617 g/mol. The molecule has 0 saturated carbocycles. The van der Waals surface area contributed by atoms with Crippen LogP contribution in [0.4, 0.5) is 4.39 Å². The summed E-state index contributed by atoms with van der Waals surface area (Å²) < 4.78 is 34.1. The van der Waals surface area contributed by atoms with Gasteiger partial charge in [0.15, 0.2) is 17.1 Å². The Morgan fingerprint density at radius 3 is 2.27 bits per heavy atom. The number of hydrogen-bond acceptors (Lipinski definition) is 10. The van der Waals surface area contributed by atoms with Crippen molar-refractivity contribution in [2.75, 3.05) is 14.1 Å². The molecule has 8 rings (SSSR count). The largest absolute Gasteiger partial charge is 0.508 e. The van der Waals surface area contributed by atoms with Gasteiger partial charge in [0.05, 0.1) is 11.6 Å². The summed E-state index contributed by atoms with van der Waals surface area (Å²) in [6, 6.07) is 18.0. The zero-order valence-corrected chi connectivity index (χ0v) is 26.5. The van der Waals surface area contributed by atoms with Gasteiger partial charge in [0.1, 0.15) is 36.1 Å². The van der Waals surface area contributed by atoms with Crippen molar-refractivity contribution < 1.29 is 38.2 Å². The number of halogens is 1. The minimum absolute atomic E-state index is 0.0238. The molecule has 4 aliphatic rings. The van der Waals surface area contributed by atoms with Gasteiger partial charge in [-0.3, -0.25) is 14.5 Å². The standard InChI is InChI=1S/C37H34FN3O7/c1-41(2)30-25-14-21-13-22-27(32(24-16-39-15-23(24)29(22)38)46-17-19-9-5-3-6-10-19)31(42)26(21)34(43)37(25,45)35(44)28-33(30)48-40-36(28)47-18-20-11-7-4-8-12-20/h3-12,21,25,30,39,43,45H,13-18H2,1-2H3/t21-,25-,30-,37-/m0/s1. The van der Waals surface area contributed by atoms with Gasteiger partial charge in [0, 0.05) is 41.3 Å². The highest BCUT2D eigenvalue weighted by atomic mass is 19.1. The molecule has 10 nitrogen and oxygen atoms in total. The van der Waals surface area contributed by atoms with Crippen LogP contribution in [-0.4, -0.2) is 51.5 Å². The fraction of sp³-hybridized carbons (Fsp3) is 0.324. The van der Waals surface area contributed by atoms with Crippen molar-refractivity contribution in [2.24, 2.45) is 11.8 Å². The molecule has 1 aromatic heterocycles. The molecule has 3 N–H and O–H groups in total. The van der Waals surface area contributed by atoms with E-state index in [1.807, 2.05) is 60.7 Å². The molecular formula is C37H34FN3O7. The van der Waals surface area contributed by atoms with Crippen molar-refractivity contribution in [3.8, 4) is 11.6 Å². The van der Waals surface area contributed by atoms with Gasteiger partial charge < -0.3 is 29.5 Å². The van der Waals surface area contributed by atoms with Crippen LogP contribution in [-0.2, 0) is 32.7 Å². The van der Waals surface area contributed by atoms with Gasteiger partial charge in [0.25, 0.3) is 5.88 Å². The number of allylic oxidation sites excluding steroid dienone is 1. The zero-order valence-electron chi connectivity index (χ0n) is 26.5. The van der Waals surface area contributed by atoms with Crippen molar-refractivity contribution in [3.05, 3.63) is 123 Å². The summed E-state index contributed by atoms with van der Waals surface area (Å²) in [5.41, 5.74) is 0.278. The van der Waals surface area contributed by atoms with E-state index in [1.165, 1.54) is 0 Å². The van der Waals surface area contributed by atoms with Crippen LogP contribution in [0, 0.1) is 17.7 Å². The molecule has 48 heavy (non-hydrogen) atoms. The third kappa shape index (κ3) is 4.45. The Morgan fingerprint density at radius 1 is 0.958 bits per heavy atom. The number of Topliss-reactive ketones (excluding diaryl/α,β-unsaturated/α-hetero) is 2. The lowest BCUT2D eigenvalue weighted by Crippen LogP contribution is -2.59. The first-order valence-electron chi connectivity index (χ1n) is 16.0. The van der Waals surface area contributed by atoms with E-state index in [9.17, 15) is 19.8 Å². The second-order valence-corrected chi connectivity index (χ2v) is 13.2. The summed E-state index contributed by atoms with van der Waals surface area (Å²) >= 11 is 0. The Kier molecular flexibility index (Phi) is 7.24. The van der Waals surface area contributed by atoms with Gasteiger partial charge in [-0.2, -0.15) is 0 Å². The number of aliphatic hydroxyl groups excluding tert-OH is 1. The number of fused-ring (bicyclic) bond motifs is 5. The van der Waals surface area contributed by atoms with Gasteiger partial charge >= 0.3 is 0 Å². The molecule has 3 aromatic carbocycles. The smallest absolute Gasteiger partial charge is 0.265 e. The number of carbonyl (C=O) groups is 2. The number of ketones is 2. The molecule has 246 valence electrons. The van der Waals surface area contributed by atoms with Gasteiger partial charge in [-0.1, -0.05) is 60.7 Å². The Bertz CT molecular complexity index is 1990. The van der Waals surface area contributed by atoms with E-state index < -0.39 is 46.6 Å². The van der Waals surface area contributed by atoms with E-state index in [4.69, 9.17) is 14.0 Å². The quantitative estimate of drug-likeness (QED) is 0.251. The summed E-state index contributed by atoms with van der Waals surface area (Å²) in [5, 5.41) is 31.6. The minimum atomic E-state index is -2.49. The zero-order chi connectivity index (χ0) is 33.3. The number of aliphatic hydroxyl groups is 2. The summed E-state index contributed by atoms with van der Waals surface area (Å²) in [6.45, 7) is 0.834. The highest BCUT2D eigenvalue weighted by molar-refractivity contribution is 6.16. The van der Waals surface area contributed by atoms with Crippen molar-refractivity contribution in [1.29, 1.82) is 0 Å². The van der Waals surface area contributed by atoms with Crippen molar-refractivity contribution in [1.82, 2.24) is 15.4 Å². The highest BCUT2D eigenvalue weighted by Crippen LogP contribution is 2.57. The topological polar surface area (TPSA) is 134 Å². The monoisotopic (exact) mass is 651 g/mol. The molecule has 0 saturated heterocycles. The third-order valence-corrected chi connectivity index (χ3v) is 10.2. The summed E-state index contributed by atoms with van der Waals surface area (Å²) in [7, 11) is 3.53. The Hall–Kier alpha value is -4.84. The number of benzene rings is 3. The molecule has 0 bridgehead atoms. The Morgan fingerprint density at radius 2 is 1.60 bits per heavy atom. The number of nitrogens with one attached hydrogen (secondary N) is 1. The first-order valence-corrected chi connectivity index (χ1v) is 16.0. The molecule has 2 heterocycles. The lowest BCUT2D eigenvalue weighted by atomic mass is 9.58. The van der Waals surface area contributed by atoms with E-state index in [1.54, 1.807) is 19.0 Å². The summed E-state index contributed by atoms with van der Waals surface area (Å²) in [5.74, 6) is -3.98. The van der Waals surface area contributed by atoms with Crippen molar-refractivity contribution >= 4 is 11.6 Å². The second-order valence-electron chi connectivity index (χ2n) is 13.2. The SMILES string of the molecule is CN(C)[C@@H]1c2onc(OCc3ccccc3)c2C(=O)[C@@]2(O)C(O)=C3C(=O)c4c(c(F)c5c(c4OCc4ccccc4)CNC5)C[C@H]3C[C@@H]12. The number of aromatic nitrogens is 1. The fourth-order valence-electron chi connectivity index (χ4n) is 8.01. The number of rotatable bonds is 7. The maximum Gasteiger partial charge on any atom is 0.265 e. The number of carbonyl (C=O) groups excluding carboxylic acids is 2. The fourth-order valence-corrected chi connectivity index (χ4v) is 8.01. The van der Waals surface area contributed by atoms with Crippen LogP contribution >= 0.6 is 0 Å². The van der Waals surface area contributed by atoms with Gasteiger partial charge in [-0.25, -0.2) is 4.39 Å². The predicted molar refractivity (Wildman–Crippen MR) is 170 cm³/mol. The van der Waals surface area contributed by atoms with Gasteiger partial charge in [-0.15, -0.1) is 0 Å². The van der Waals surface area contributed by atoms with Crippen molar-refractivity contribution in [2.45, 2.75) is 50.8 Å². The van der Waals surface area contributed by atoms with E-state index in [0.29, 0.717) is 24.2 Å². The number of nitrogens with zero attached hydrogens (tertiary/aromatic N) is 2.